The fraction of sp³-hybridized carbons (Fsp3) is 0.444. The molecule has 0 N–H and O–H groups in total. The first-order chi connectivity index (χ1) is 5.09. The highest BCUT2D eigenvalue weighted by atomic mass is 16.5. The number of ketones is 1. The quantitative estimate of drug-likeness (QED) is 0.563. The van der Waals surface area contributed by atoms with E-state index in [-0.39, 0.29) is 11.2 Å². The zero-order valence-electron chi connectivity index (χ0n) is 7.05. The summed E-state index contributed by atoms with van der Waals surface area (Å²) < 4.78 is 4.74. The Balaban J connectivity index is 2.72. The first-order valence-electron chi connectivity index (χ1n) is 3.55. The van der Waals surface area contributed by atoms with Crippen LogP contribution in [-0.2, 0) is 9.53 Å². The van der Waals surface area contributed by atoms with Crippen molar-refractivity contribution in [1.82, 2.24) is 0 Å². The van der Waals surface area contributed by atoms with Gasteiger partial charge in [-0.3, -0.25) is 4.79 Å². The fourth-order valence-electron chi connectivity index (χ4n) is 0.964. The predicted molar refractivity (Wildman–Crippen MR) is 43.0 cm³/mol. The van der Waals surface area contributed by atoms with Crippen LogP contribution in [0.2, 0.25) is 0 Å². The van der Waals surface area contributed by atoms with Crippen molar-refractivity contribution in [3.8, 4) is 0 Å². The highest BCUT2D eigenvalue weighted by molar-refractivity contribution is 6.05. The second kappa shape index (κ2) is 2.53. The van der Waals surface area contributed by atoms with Crippen molar-refractivity contribution in [2.75, 3.05) is 7.11 Å². The van der Waals surface area contributed by atoms with Crippen molar-refractivity contribution in [3.05, 3.63) is 24.0 Å². The second-order valence-corrected chi connectivity index (χ2v) is 3.13. The van der Waals surface area contributed by atoms with E-state index in [9.17, 15) is 4.79 Å². The minimum absolute atomic E-state index is 0.188. The van der Waals surface area contributed by atoms with Gasteiger partial charge in [0.2, 0.25) is 0 Å². The van der Waals surface area contributed by atoms with Crippen molar-refractivity contribution in [2.45, 2.75) is 13.8 Å². The summed E-state index contributed by atoms with van der Waals surface area (Å²) >= 11 is 0. The van der Waals surface area contributed by atoms with Gasteiger partial charge in [-0.05, 0) is 31.6 Å². The Kier molecular flexibility index (Phi) is 1.85. The smallest absolute Gasteiger partial charge is 0.165 e. The molecule has 2 nitrogen and oxygen atoms in total. The number of allylic oxidation sites excluding steroid dienone is 3. The van der Waals surface area contributed by atoms with E-state index >= 15 is 0 Å². The molecule has 0 aliphatic heterocycles. The number of carbonyl (C=O) groups excluding carboxylic acids is 1. The van der Waals surface area contributed by atoms with E-state index in [1.807, 2.05) is 19.9 Å². The van der Waals surface area contributed by atoms with Gasteiger partial charge in [0.25, 0.3) is 0 Å². The Morgan fingerprint density at radius 2 is 2.18 bits per heavy atom. The largest absolute Gasteiger partial charge is 0.504 e. The highest BCUT2D eigenvalue weighted by Crippen LogP contribution is 2.37. The van der Waals surface area contributed by atoms with Crippen LogP contribution in [0.3, 0.4) is 0 Å². The Bertz CT molecular complexity index is 234. The number of hydrogen-bond donors (Lipinski definition) is 0. The van der Waals surface area contributed by atoms with Crippen molar-refractivity contribution >= 4 is 5.78 Å². The summed E-state index contributed by atoms with van der Waals surface area (Å²) in [6.07, 6.45) is 5.04. The molecule has 0 amide bonds. The van der Waals surface area contributed by atoms with E-state index in [1.165, 1.54) is 0 Å². The van der Waals surface area contributed by atoms with E-state index in [4.69, 9.17) is 4.74 Å². The molecule has 0 unspecified atom stereocenters. The summed E-state index contributed by atoms with van der Waals surface area (Å²) in [5.74, 6) is 0.188. The molecule has 0 aromatic carbocycles. The lowest BCUT2D eigenvalue weighted by Gasteiger charge is -2.31. The molecule has 0 spiro atoms. The lowest BCUT2D eigenvalue weighted by Crippen LogP contribution is -2.33. The van der Waals surface area contributed by atoms with Crippen LogP contribution in [0.25, 0.3) is 0 Å². The number of carbonyl (C=O) groups is 1. The van der Waals surface area contributed by atoms with Gasteiger partial charge < -0.3 is 4.74 Å². The number of hydrogen-bond acceptors (Lipinski definition) is 2. The topological polar surface area (TPSA) is 26.3 Å². The van der Waals surface area contributed by atoms with Crippen LogP contribution in [0.5, 0.6) is 0 Å². The van der Waals surface area contributed by atoms with Crippen molar-refractivity contribution < 1.29 is 9.53 Å². The average molecular weight is 152 g/mol. The fourth-order valence-corrected chi connectivity index (χ4v) is 0.964. The number of rotatable bonds is 2. The summed E-state index contributed by atoms with van der Waals surface area (Å²) in [5, 5.41) is 0. The number of ether oxygens (including phenoxy) is 1. The van der Waals surface area contributed by atoms with E-state index < -0.39 is 0 Å². The summed E-state index contributed by atoms with van der Waals surface area (Å²) in [5.41, 5.74) is 0.735. The Morgan fingerprint density at radius 3 is 2.55 bits per heavy atom. The molecule has 1 rings (SSSR count). The lowest BCUT2D eigenvalue weighted by atomic mass is 9.71. The maximum absolute atomic E-state index is 11.0. The third-order valence-electron chi connectivity index (χ3n) is 2.01. The minimum atomic E-state index is -0.297. The van der Waals surface area contributed by atoms with Crippen LogP contribution in [0, 0.1) is 5.41 Å². The van der Waals surface area contributed by atoms with Crippen molar-refractivity contribution in [2.24, 2.45) is 5.41 Å². The Morgan fingerprint density at radius 1 is 1.55 bits per heavy atom. The first kappa shape index (κ1) is 8.05. The molecule has 1 aliphatic carbocycles. The van der Waals surface area contributed by atoms with Crippen molar-refractivity contribution in [3.63, 3.8) is 0 Å². The second-order valence-electron chi connectivity index (χ2n) is 3.13. The van der Waals surface area contributed by atoms with Gasteiger partial charge in [0.05, 0.1) is 18.8 Å². The maximum atomic E-state index is 11.0. The van der Waals surface area contributed by atoms with Gasteiger partial charge in [0.1, 0.15) is 0 Å². The number of methoxy groups -OCH3 is 1. The first-order valence-corrected chi connectivity index (χ1v) is 3.55. The normalized spacial score (nSPS) is 21.4. The van der Waals surface area contributed by atoms with Crippen LogP contribution in [0.4, 0.5) is 0 Å². The summed E-state index contributed by atoms with van der Waals surface area (Å²) in [7, 11) is 1.59. The molecule has 0 saturated carbocycles. The molecular weight excluding hydrogens is 140 g/mol. The third kappa shape index (κ3) is 1.20. The highest BCUT2D eigenvalue weighted by Gasteiger charge is 2.37. The molecule has 0 saturated heterocycles. The Labute approximate surface area is 66.5 Å². The monoisotopic (exact) mass is 152 g/mol. The summed E-state index contributed by atoms with van der Waals surface area (Å²) in [4.78, 5) is 11.0. The molecule has 0 bridgehead atoms. The van der Waals surface area contributed by atoms with Crippen LogP contribution in [-0.4, -0.2) is 12.9 Å². The standard InChI is InChI=1S/C9H12O2/c1-9(2)7(4-5-11-3)6-8(9)10/h4-6H,1-3H3/b5-4+. The molecule has 0 atom stereocenters. The van der Waals surface area contributed by atoms with Gasteiger partial charge in [0, 0.05) is 0 Å². The minimum Gasteiger partial charge on any atom is -0.504 e. The van der Waals surface area contributed by atoms with E-state index in [0.717, 1.165) is 5.57 Å². The molecule has 1 aliphatic rings. The van der Waals surface area contributed by atoms with Crippen LogP contribution < -0.4 is 0 Å². The van der Waals surface area contributed by atoms with Gasteiger partial charge in [-0.1, -0.05) is 0 Å². The van der Waals surface area contributed by atoms with Crippen LogP contribution in [0.15, 0.2) is 24.0 Å². The maximum Gasteiger partial charge on any atom is 0.165 e. The summed E-state index contributed by atoms with van der Waals surface area (Å²) in [6, 6.07) is 0. The van der Waals surface area contributed by atoms with E-state index in [2.05, 4.69) is 0 Å². The zero-order valence-corrected chi connectivity index (χ0v) is 7.05. The molecule has 0 aromatic heterocycles. The third-order valence-corrected chi connectivity index (χ3v) is 2.01. The van der Waals surface area contributed by atoms with Gasteiger partial charge in [0.15, 0.2) is 5.78 Å². The molecule has 0 fully saturated rings. The molecule has 60 valence electrons. The molecule has 11 heavy (non-hydrogen) atoms. The van der Waals surface area contributed by atoms with Gasteiger partial charge >= 0.3 is 0 Å². The SMILES string of the molecule is CO/C=C/C1=CC(=O)C1(C)C. The van der Waals surface area contributed by atoms with Crippen LogP contribution in [0.1, 0.15) is 13.8 Å². The molecule has 0 heterocycles. The lowest BCUT2D eigenvalue weighted by molar-refractivity contribution is -0.122. The summed E-state index contributed by atoms with van der Waals surface area (Å²) in [6.45, 7) is 3.81. The molecule has 0 aromatic rings. The molecule has 2 heteroatoms. The van der Waals surface area contributed by atoms with E-state index in [0.29, 0.717) is 0 Å². The zero-order chi connectivity index (χ0) is 8.48. The van der Waals surface area contributed by atoms with Gasteiger partial charge in [-0.15, -0.1) is 0 Å². The van der Waals surface area contributed by atoms with Gasteiger partial charge in [-0.2, -0.15) is 0 Å². The van der Waals surface area contributed by atoms with E-state index in [1.54, 1.807) is 19.4 Å². The Hall–Kier alpha value is -1.05. The van der Waals surface area contributed by atoms with Crippen molar-refractivity contribution in [1.29, 1.82) is 0 Å². The van der Waals surface area contributed by atoms with Gasteiger partial charge in [-0.25, -0.2) is 0 Å². The average Bonchev–Trinajstić information content (AvgIpc) is 1.97. The molecule has 0 radical (unpaired) electrons. The molecular formula is C9H12O2. The predicted octanol–water partition coefficient (Wildman–Crippen LogP) is 1.68. The van der Waals surface area contributed by atoms with Crippen LogP contribution >= 0.6 is 0 Å².